The molecule has 2 aromatic rings. The zero-order chi connectivity index (χ0) is 19.2. The molecule has 1 aliphatic rings. The minimum Gasteiger partial charge on any atom is -0.366 e. The summed E-state index contributed by atoms with van der Waals surface area (Å²) in [6.45, 7) is 7.42. The molecule has 0 aliphatic carbocycles. The number of nitrogens with zero attached hydrogens (tertiary/aromatic N) is 4. The van der Waals surface area contributed by atoms with Crippen molar-refractivity contribution in [2.24, 2.45) is 5.92 Å². The Kier molecular flexibility index (Phi) is 6.21. The molecule has 0 unspecified atom stereocenters. The summed E-state index contributed by atoms with van der Waals surface area (Å²) in [5.41, 5.74) is 1.06. The molecule has 0 radical (unpaired) electrons. The van der Waals surface area contributed by atoms with Crippen LogP contribution in [-0.2, 0) is 0 Å². The molecule has 144 valence electrons. The molecule has 1 N–H and O–H groups in total. The second-order valence-corrected chi connectivity index (χ2v) is 7.14. The zero-order valence-corrected chi connectivity index (χ0v) is 15.9. The molecular weight excluding hydrogens is 345 g/mol. The fourth-order valence-corrected chi connectivity index (χ4v) is 3.04. The van der Waals surface area contributed by atoms with E-state index in [1.165, 1.54) is 6.07 Å². The van der Waals surface area contributed by atoms with Crippen LogP contribution in [-0.4, -0.2) is 53.5 Å². The highest BCUT2D eigenvalue weighted by atomic mass is 19.1. The van der Waals surface area contributed by atoms with Gasteiger partial charge in [-0.2, -0.15) is 0 Å². The number of rotatable bonds is 6. The number of anilines is 2. The van der Waals surface area contributed by atoms with Gasteiger partial charge in [0, 0.05) is 45.1 Å². The van der Waals surface area contributed by atoms with Crippen molar-refractivity contribution in [1.29, 1.82) is 0 Å². The van der Waals surface area contributed by atoms with Gasteiger partial charge in [0.15, 0.2) is 0 Å². The third-order valence-corrected chi connectivity index (χ3v) is 4.66. The number of carbonyl (C=O) groups excluding carboxylic acids is 1. The Labute approximate surface area is 159 Å². The fraction of sp³-hybridized carbons (Fsp3) is 0.450. The molecular formula is C20H26FN5O. The highest BCUT2D eigenvalue weighted by molar-refractivity contribution is 5.93. The average Bonchev–Trinajstić information content (AvgIpc) is 2.68. The van der Waals surface area contributed by atoms with E-state index in [1.807, 2.05) is 11.0 Å². The minimum absolute atomic E-state index is 0.0862. The first-order chi connectivity index (χ1) is 13.0. The molecule has 27 heavy (non-hydrogen) atoms. The van der Waals surface area contributed by atoms with E-state index in [9.17, 15) is 9.18 Å². The molecule has 1 aromatic heterocycles. The Morgan fingerprint density at radius 1 is 1.15 bits per heavy atom. The predicted molar refractivity (Wildman–Crippen MR) is 104 cm³/mol. The minimum atomic E-state index is -0.230. The standard InChI is InChI=1S/C20H26FN5O/c1-15(2)7-8-22-20-23-13-16(14-24-20)19(27)26-11-9-25(10-12-26)18-6-4-3-5-17(18)21/h3-6,13-15H,7-12H2,1-2H3,(H,22,23,24). The van der Waals surface area contributed by atoms with E-state index in [0.717, 1.165) is 13.0 Å². The molecule has 2 heterocycles. The van der Waals surface area contributed by atoms with Gasteiger partial charge < -0.3 is 15.1 Å². The topological polar surface area (TPSA) is 61.4 Å². The van der Waals surface area contributed by atoms with Crippen LogP contribution in [0.2, 0.25) is 0 Å². The van der Waals surface area contributed by atoms with Crippen LogP contribution in [0.1, 0.15) is 30.6 Å². The summed E-state index contributed by atoms with van der Waals surface area (Å²) in [4.78, 5) is 24.9. The average molecular weight is 371 g/mol. The molecule has 1 aliphatic heterocycles. The van der Waals surface area contributed by atoms with Crippen molar-refractivity contribution in [3.05, 3.63) is 48.0 Å². The second-order valence-electron chi connectivity index (χ2n) is 7.14. The van der Waals surface area contributed by atoms with Crippen LogP contribution in [0.5, 0.6) is 0 Å². The molecule has 1 aromatic carbocycles. The van der Waals surface area contributed by atoms with Gasteiger partial charge in [0.05, 0.1) is 11.3 Å². The molecule has 1 amide bonds. The van der Waals surface area contributed by atoms with Gasteiger partial charge in [-0.3, -0.25) is 4.79 Å². The van der Waals surface area contributed by atoms with E-state index in [0.29, 0.717) is 49.3 Å². The van der Waals surface area contributed by atoms with E-state index in [1.54, 1.807) is 29.4 Å². The SMILES string of the molecule is CC(C)CCNc1ncc(C(=O)N2CCN(c3ccccc3F)CC2)cn1. The van der Waals surface area contributed by atoms with Gasteiger partial charge in [0.1, 0.15) is 5.82 Å². The van der Waals surface area contributed by atoms with Crippen LogP contribution in [0.3, 0.4) is 0 Å². The van der Waals surface area contributed by atoms with E-state index in [2.05, 4.69) is 29.1 Å². The lowest BCUT2D eigenvalue weighted by Gasteiger charge is -2.36. The van der Waals surface area contributed by atoms with Gasteiger partial charge in [-0.25, -0.2) is 14.4 Å². The third-order valence-electron chi connectivity index (χ3n) is 4.66. The summed E-state index contributed by atoms with van der Waals surface area (Å²) < 4.78 is 13.9. The quantitative estimate of drug-likeness (QED) is 0.846. The van der Waals surface area contributed by atoms with Crippen molar-refractivity contribution < 1.29 is 9.18 Å². The smallest absolute Gasteiger partial charge is 0.257 e. The Morgan fingerprint density at radius 2 is 1.81 bits per heavy atom. The monoisotopic (exact) mass is 371 g/mol. The molecule has 6 nitrogen and oxygen atoms in total. The van der Waals surface area contributed by atoms with E-state index in [-0.39, 0.29) is 11.7 Å². The van der Waals surface area contributed by atoms with Crippen molar-refractivity contribution in [3.8, 4) is 0 Å². The number of nitrogens with one attached hydrogen (secondary N) is 1. The van der Waals surface area contributed by atoms with Crippen molar-refractivity contribution in [2.45, 2.75) is 20.3 Å². The molecule has 0 spiro atoms. The summed E-state index contributed by atoms with van der Waals surface area (Å²) in [7, 11) is 0. The molecule has 0 atom stereocenters. The normalized spacial score (nSPS) is 14.5. The van der Waals surface area contributed by atoms with Gasteiger partial charge >= 0.3 is 0 Å². The molecule has 7 heteroatoms. The first-order valence-electron chi connectivity index (χ1n) is 9.39. The van der Waals surface area contributed by atoms with Gasteiger partial charge in [-0.1, -0.05) is 26.0 Å². The van der Waals surface area contributed by atoms with Crippen molar-refractivity contribution in [1.82, 2.24) is 14.9 Å². The molecule has 1 fully saturated rings. The van der Waals surface area contributed by atoms with E-state index < -0.39 is 0 Å². The second kappa shape index (κ2) is 8.79. The molecule has 3 rings (SSSR count). The summed E-state index contributed by atoms with van der Waals surface area (Å²) >= 11 is 0. The Morgan fingerprint density at radius 3 is 2.44 bits per heavy atom. The van der Waals surface area contributed by atoms with Gasteiger partial charge in [0.2, 0.25) is 5.95 Å². The summed E-state index contributed by atoms with van der Waals surface area (Å²) in [6.07, 6.45) is 4.17. The maximum atomic E-state index is 13.9. The number of para-hydroxylation sites is 1. The number of carbonyl (C=O) groups is 1. The summed E-state index contributed by atoms with van der Waals surface area (Å²) in [5, 5.41) is 3.16. The van der Waals surface area contributed by atoms with Gasteiger partial charge in [-0.15, -0.1) is 0 Å². The van der Waals surface area contributed by atoms with Crippen LogP contribution in [0.15, 0.2) is 36.7 Å². The van der Waals surface area contributed by atoms with Crippen LogP contribution in [0, 0.1) is 11.7 Å². The Hall–Kier alpha value is -2.70. The summed E-state index contributed by atoms with van der Waals surface area (Å²) in [6, 6.07) is 6.73. The lowest BCUT2D eigenvalue weighted by Crippen LogP contribution is -2.49. The number of aromatic nitrogens is 2. The highest BCUT2D eigenvalue weighted by Crippen LogP contribution is 2.20. The number of hydrogen-bond donors (Lipinski definition) is 1. The van der Waals surface area contributed by atoms with Crippen LogP contribution < -0.4 is 10.2 Å². The number of amides is 1. The molecule has 1 saturated heterocycles. The lowest BCUT2D eigenvalue weighted by molar-refractivity contribution is 0.0746. The van der Waals surface area contributed by atoms with Gasteiger partial charge in [-0.05, 0) is 24.5 Å². The number of piperazine rings is 1. The van der Waals surface area contributed by atoms with Crippen molar-refractivity contribution in [2.75, 3.05) is 42.9 Å². The molecule has 0 saturated carbocycles. The van der Waals surface area contributed by atoms with E-state index >= 15 is 0 Å². The maximum Gasteiger partial charge on any atom is 0.257 e. The Bertz CT molecular complexity index is 757. The zero-order valence-electron chi connectivity index (χ0n) is 15.9. The largest absolute Gasteiger partial charge is 0.366 e. The number of hydrogen-bond acceptors (Lipinski definition) is 5. The first kappa shape index (κ1) is 19.1. The van der Waals surface area contributed by atoms with Crippen LogP contribution in [0.4, 0.5) is 16.0 Å². The van der Waals surface area contributed by atoms with Gasteiger partial charge in [0.25, 0.3) is 5.91 Å². The fourth-order valence-electron chi connectivity index (χ4n) is 3.04. The van der Waals surface area contributed by atoms with Crippen molar-refractivity contribution in [3.63, 3.8) is 0 Å². The molecule has 0 bridgehead atoms. The Balaban J connectivity index is 1.54. The summed E-state index contributed by atoms with van der Waals surface area (Å²) in [5.74, 6) is 0.834. The maximum absolute atomic E-state index is 13.9. The third kappa shape index (κ3) is 4.93. The van der Waals surface area contributed by atoms with Crippen molar-refractivity contribution >= 4 is 17.5 Å². The van der Waals surface area contributed by atoms with Crippen LogP contribution >= 0.6 is 0 Å². The van der Waals surface area contributed by atoms with Crippen LogP contribution in [0.25, 0.3) is 0 Å². The lowest BCUT2D eigenvalue weighted by atomic mass is 10.1. The predicted octanol–water partition coefficient (Wildman–Crippen LogP) is 3.04. The highest BCUT2D eigenvalue weighted by Gasteiger charge is 2.24. The number of halogens is 1. The first-order valence-corrected chi connectivity index (χ1v) is 9.39. The number of benzene rings is 1. The van der Waals surface area contributed by atoms with E-state index in [4.69, 9.17) is 0 Å².